The summed E-state index contributed by atoms with van der Waals surface area (Å²) >= 11 is 0. The first-order valence-corrected chi connectivity index (χ1v) is 13.7. The number of alkyl carbamates (subject to hydrolysis) is 1. The zero-order valence-corrected chi connectivity index (χ0v) is 22.8. The Hall–Kier alpha value is -3.92. The second-order valence-electron chi connectivity index (χ2n) is 9.56. The monoisotopic (exact) mass is 534 g/mol. The molecule has 208 valence electrons. The molecule has 2 heterocycles. The van der Waals surface area contributed by atoms with Crippen molar-refractivity contribution >= 4 is 17.0 Å². The number of carbonyl (C=O) groups excluding carboxylic acids is 1. The minimum absolute atomic E-state index is 0.0324. The van der Waals surface area contributed by atoms with Crippen molar-refractivity contribution in [2.75, 3.05) is 19.8 Å². The van der Waals surface area contributed by atoms with Crippen LogP contribution in [0.15, 0.2) is 54.7 Å². The Morgan fingerprint density at radius 2 is 1.95 bits per heavy atom. The number of rotatable bonds is 15. The van der Waals surface area contributed by atoms with E-state index in [1.54, 1.807) is 6.20 Å². The maximum atomic E-state index is 11.9. The Morgan fingerprint density at radius 1 is 1.10 bits per heavy atom. The van der Waals surface area contributed by atoms with E-state index in [-0.39, 0.29) is 19.3 Å². The van der Waals surface area contributed by atoms with Crippen LogP contribution in [0.3, 0.4) is 0 Å². The SMILES string of the molecule is CCCCCC(C)n1nc(-c2cnn(CCO)n2)c2cc(OCCCNC(=O)OCc3ccccc3)ccc21. The van der Waals surface area contributed by atoms with Crippen molar-refractivity contribution in [2.45, 2.75) is 65.1 Å². The van der Waals surface area contributed by atoms with Crippen molar-refractivity contribution in [1.82, 2.24) is 30.1 Å². The van der Waals surface area contributed by atoms with Gasteiger partial charge in [0.15, 0.2) is 0 Å². The van der Waals surface area contributed by atoms with Gasteiger partial charge in [0.25, 0.3) is 0 Å². The fraction of sp³-hybridized carbons (Fsp3) is 0.448. The summed E-state index contributed by atoms with van der Waals surface area (Å²) in [5, 5.41) is 26.7. The average molecular weight is 535 g/mol. The van der Waals surface area contributed by atoms with E-state index in [4.69, 9.17) is 14.6 Å². The number of ether oxygens (including phenoxy) is 2. The average Bonchev–Trinajstić information content (AvgIpc) is 3.57. The lowest BCUT2D eigenvalue weighted by Gasteiger charge is -2.13. The van der Waals surface area contributed by atoms with Gasteiger partial charge >= 0.3 is 6.09 Å². The molecule has 2 aromatic heterocycles. The highest BCUT2D eigenvalue weighted by atomic mass is 16.5. The van der Waals surface area contributed by atoms with Crippen molar-refractivity contribution in [1.29, 1.82) is 0 Å². The number of carbonyl (C=O) groups is 1. The summed E-state index contributed by atoms with van der Waals surface area (Å²) in [7, 11) is 0. The highest BCUT2D eigenvalue weighted by Crippen LogP contribution is 2.32. The van der Waals surface area contributed by atoms with Crippen LogP contribution < -0.4 is 10.1 Å². The molecule has 2 N–H and O–H groups in total. The van der Waals surface area contributed by atoms with E-state index in [1.165, 1.54) is 17.6 Å². The van der Waals surface area contributed by atoms with Gasteiger partial charge in [-0.1, -0.05) is 56.5 Å². The van der Waals surface area contributed by atoms with Gasteiger partial charge in [0.05, 0.1) is 31.5 Å². The molecule has 10 heteroatoms. The second-order valence-corrected chi connectivity index (χ2v) is 9.56. The Labute approximate surface area is 228 Å². The predicted octanol–water partition coefficient (Wildman–Crippen LogP) is 5.12. The highest BCUT2D eigenvalue weighted by molar-refractivity contribution is 5.93. The zero-order chi connectivity index (χ0) is 27.5. The van der Waals surface area contributed by atoms with Gasteiger partial charge in [0.1, 0.15) is 23.7 Å². The number of aliphatic hydroxyl groups excluding tert-OH is 1. The predicted molar refractivity (Wildman–Crippen MR) is 149 cm³/mol. The van der Waals surface area contributed by atoms with Crippen LogP contribution in [0, 0.1) is 0 Å². The van der Waals surface area contributed by atoms with Crippen LogP contribution in [-0.2, 0) is 17.9 Å². The van der Waals surface area contributed by atoms with Gasteiger partial charge in [0, 0.05) is 18.0 Å². The smallest absolute Gasteiger partial charge is 0.407 e. The molecule has 1 unspecified atom stereocenters. The van der Waals surface area contributed by atoms with E-state index in [2.05, 4.69) is 34.0 Å². The zero-order valence-electron chi connectivity index (χ0n) is 22.8. The summed E-state index contributed by atoms with van der Waals surface area (Å²) in [5.74, 6) is 0.719. The van der Waals surface area contributed by atoms with Crippen LogP contribution in [0.5, 0.6) is 5.75 Å². The number of nitrogens with zero attached hydrogens (tertiary/aromatic N) is 5. The van der Waals surface area contributed by atoms with E-state index in [0.29, 0.717) is 31.8 Å². The molecule has 0 aliphatic carbocycles. The van der Waals surface area contributed by atoms with E-state index in [1.807, 2.05) is 48.5 Å². The van der Waals surface area contributed by atoms with Gasteiger partial charge in [0.2, 0.25) is 0 Å². The third-order valence-electron chi connectivity index (χ3n) is 6.47. The Balaban J connectivity index is 1.38. The molecule has 2 aromatic carbocycles. The molecule has 0 spiro atoms. The van der Waals surface area contributed by atoms with Crippen molar-refractivity contribution in [3.05, 3.63) is 60.3 Å². The molecule has 0 saturated heterocycles. The molecule has 0 aliphatic rings. The number of nitrogens with one attached hydrogen (secondary N) is 1. The lowest BCUT2D eigenvalue weighted by atomic mass is 10.1. The summed E-state index contributed by atoms with van der Waals surface area (Å²) in [4.78, 5) is 13.4. The summed E-state index contributed by atoms with van der Waals surface area (Å²) in [6.07, 6.45) is 6.44. The van der Waals surface area contributed by atoms with E-state index in [0.717, 1.165) is 40.8 Å². The van der Waals surface area contributed by atoms with Crippen molar-refractivity contribution in [2.24, 2.45) is 0 Å². The lowest BCUT2D eigenvalue weighted by Crippen LogP contribution is -2.26. The first-order valence-electron chi connectivity index (χ1n) is 13.7. The molecular formula is C29H38N6O4. The van der Waals surface area contributed by atoms with E-state index >= 15 is 0 Å². The molecule has 0 saturated carbocycles. The van der Waals surface area contributed by atoms with Crippen LogP contribution in [0.25, 0.3) is 22.3 Å². The summed E-state index contributed by atoms with van der Waals surface area (Å²) in [6, 6.07) is 15.8. The number of aromatic nitrogens is 5. The fourth-order valence-electron chi connectivity index (χ4n) is 4.38. The number of amides is 1. The summed E-state index contributed by atoms with van der Waals surface area (Å²) < 4.78 is 13.3. The van der Waals surface area contributed by atoms with Gasteiger partial charge in [-0.2, -0.15) is 20.1 Å². The lowest BCUT2D eigenvalue weighted by molar-refractivity contribution is 0.139. The number of hydrogen-bond donors (Lipinski definition) is 2. The molecular weight excluding hydrogens is 496 g/mol. The van der Waals surface area contributed by atoms with Gasteiger partial charge < -0.3 is 19.9 Å². The molecule has 1 amide bonds. The number of benzene rings is 2. The quantitative estimate of drug-likeness (QED) is 0.203. The molecule has 0 radical (unpaired) electrons. The second kappa shape index (κ2) is 14.3. The van der Waals surface area contributed by atoms with Gasteiger partial charge in [-0.3, -0.25) is 4.68 Å². The van der Waals surface area contributed by atoms with Crippen molar-refractivity contribution < 1.29 is 19.4 Å². The molecule has 4 rings (SSSR count). The maximum absolute atomic E-state index is 11.9. The first-order chi connectivity index (χ1) is 19.1. The Bertz CT molecular complexity index is 1320. The van der Waals surface area contributed by atoms with Crippen molar-refractivity contribution in [3.63, 3.8) is 0 Å². The van der Waals surface area contributed by atoms with Crippen LogP contribution in [-0.4, -0.2) is 55.7 Å². The third-order valence-corrected chi connectivity index (χ3v) is 6.47. The fourth-order valence-corrected chi connectivity index (χ4v) is 4.38. The maximum Gasteiger partial charge on any atom is 0.407 e. The largest absolute Gasteiger partial charge is 0.494 e. The molecule has 1 atom stereocenters. The number of aliphatic hydroxyl groups is 1. The van der Waals surface area contributed by atoms with Crippen LogP contribution in [0.4, 0.5) is 4.79 Å². The molecule has 0 bridgehead atoms. The van der Waals surface area contributed by atoms with Gasteiger partial charge in [-0.15, -0.1) is 0 Å². The summed E-state index contributed by atoms with van der Waals surface area (Å²) in [5.41, 5.74) is 3.36. The van der Waals surface area contributed by atoms with E-state index in [9.17, 15) is 9.90 Å². The van der Waals surface area contributed by atoms with Crippen LogP contribution in [0.1, 0.15) is 57.6 Å². The number of fused-ring (bicyclic) bond motifs is 1. The Kier molecular flexibility index (Phi) is 10.3. The van der Waals surface area contributed by atoms with Crippen LogP contribution in [0.2, 0.25) is 0 Å². The third kappa shape index (κ3) is 7.79. The highest BCUT2D eigenvalue weighted by Gasteiger charge is 2.19. The standard InChI is InChI=1S/C29H38N6O4/c1-3-4-6-10-22(2)35-27-14-13-24(19-25(27)28(33-35)26-20-31-34(32-26)16-17-36)38-18-9-15-30-29(37)39-21-23-11-7-5-8-12-23/h5,7-8,11-14,19-20,22,36H,3-4,6,9-10,15-18,21H2,1-2H3,(H,30,37). The molecule has 39 heavy (non-hydrogen) atoms. The van der Waals surface area contributed by atoms with Crippen LogP contribution >= 0.6 is 0 Å². The molecule has 0 aliphatic heterocycles. The van der Waals surface area contributed by atoms with Gasteiger partial charge in [-0.05, 0) is 43.5 Å². The minimum atomic E-state index is -0.445. The molecule has 10 nitrogen and oxygen atoms in total. The normalized spacial score (nSPS) is 12.0. The minimum Gasteiger partial charge on any atom is -0.494 e. The molecule has 0 fully saturated rings. The number of hydrogen-bond acceptors (Lipinski definition) is 7. The van der Waals surface area contributed by atoms with Gasteiger partial charge in [-0.25, -0.2) is 4.79 Å². The number of unbranched alkanes of at least 4 members (excludes halogenated alkanes) is 2. The van der Waals surface area contributed by atoms with Crippen molar-refractivity contribution in [3.8, 4) is 17.1 Å². The first kappa shape index (κ1) is 28.1. The molecule has 4 aromatic rings. The van der Waals surface area contributed by atoms with E-state index < -0.39 is 6.09 Å². The topological polar surface area (TPSA) is 116 Å². The Morgan fingerprint density at radius 3 is 2.74 bits per heavy atom. The summed E-state index contributed by atoms with van der Waals surface area (Å²) in [6.45, 7) is 5.82.